The van der Waals surface area contributed by atoms with Crippen LogP contribution in [0.3, 0.4) is 0 Å². The molecule has 3 aromatic rings. The van der Waals surface area contributed by atoms with Gasteiger partial charge in [0.05, 0.1) is 5.69 Å². The molecule has 0 radical (unpaired) electrons. The van der Waals surface area contributed by atoms with E-state index in [-0.39, 0.29) is 6.04 Å². The standard InChI is InChI=1S/C19H25N3OS/c1-5-15(19-12(2)21-22(4)13(19)3)20-11-16(23)18-10-14-8-6-7-9-17(14)24-18/h6-10,15-16,20,23H,5,11H2,1-4H3. The highest BCUT2D eigenvalue weighted by Crippen LogP contribution is 2.30. The average molecular weight is 343 g/mol. The van der Waals surface area contributed by atoms with Crippen molar-refractivity contribution in [3.8, 4) is 0 Å². The topological polar surface area (TPSA) is 50.1 Å². The lowest BCUT2D eigenvalue weighted by atomic mass is 10.0. The third kappa shape index (κ3) is 3.24. The zero-order chi connectivity index (χ0) is 17.3. The van der Waals surface area contributed by atoms with E-state index < -0.39 is 6.10 Å². The first-order chi connectivity index (χ1) is 11.5. The zero-order valence-electron chi connectivity index (χ0n) is 14.7. The first-order valence-corrected chi connectivity index (χ1v) is 9.23. The van der Waals surface area contributed by atoms with Crippen molar-refractivity contribution < 1.29 is 5.11 Å². The molecule has 0 aliphatic rings. The number of rotatable bonds is 6. The Kier molecular flexibility index (Phi) is 5.04. The lowest BCUT2D eigenvalue weighted by molar-refractivity contribution is 0.173. The summed E-state index contributed by atoms with van der Waals surface area (Å²) < 4.78 is 3.15. The summed E-state index contributed by atoms with van der Waals surface area (Å²) in [6.45, 7) is 6.85. The van der Waals surface area contributed by atoms with Crippen LogP contribution >= 0.6 is 11.3 Å². The fourth-order valence-corrected chi connectivity index (χ4v) is 4.32. The van der Waals surface area contributed by atoms with E-state index in [9.17, 15) is 5.11 Å². The van der Waals surface area contributed by atoms with Crippen molar-refractivity contribution in [3.63, 3.8) is 0 Å². The Bertz CT molecular complexity index is 803. The maximum Gasteiger partial charge on any atom is 0.101 e. The van der Waals surface area contributed by atoms with E-state index in [2.05, 4.69) is 49.4 Å². The molecule has 2 heterocycles. The summed E-state index contributed by atoms with van der Waals surface area (Å²) in [6.07, 6.45) is 0.473. The van der Waals surface area contributed by atoms with Crippen LogP contribution in [-0.4, -0.2) is 21.4 Å². The Balaban J connectivity index is 1.73. The number of hydrogen-bond acceptors (Lipinski definition) is 4. The summed E-state index contributed by atoms with van der Waals surface area (Å²) in [5.74, 6) is 0. The van der Waals surface area contributed by atoms with Crippen molar-refractivity contribution in [2.45, 2.75) is 39.3 Å². The first kappa shape index (κ1) is 17.1. The minimum Gasteiger partial charge on any atom is -0.386 e. The van der Waals surface area contributed by atoms with Crippen molar-refractivity contribution in [1.82, 2.24) is 15.1 Å². The molecule has 1 aromatic carbocycles. The number of nitrogens with zero attached hydrogens (tertiary/aromatic N) is 2. The molecule has 24 heavy (non-hydrogen) atoms. The summed E-state index contributed by atoms with van der Waals surface area (Å²) >= 11 is 1.66. The van der Waals surface area contributed by atoms with Gasteiger partial charge in [0.15, 0.2) is 0 Å². The van der Waals surface area contributed by atoms with Gasteiger partial charge in [-0.15, -0.1) is 11.3 Å². The average Bonchev–Trinajstić information content (AvgIpc) is 3.11. The third-order valence-corrected chi connectivity index (χ3v) is 5.87. The summed E-state index contributed by atoms with van der Waals surface area (Å²) in [7, 11) is 1.98. The first-order valence-electron chi connectivity index (χ1n) is 8.41. The largest absolute Gasteiger partial charge is 0.386 e. The van der Waals surface area contributed by atoms with E-state index in [1.165, 1.54) is 21.3 Å². The maximum atomic E-state index is 10.6. The van der Waals surface area contributed by atoms with Gasteiger partial charge in [-0.3, -0.25) is 4.68 Å². The zero-order valence-corrected chi connectivity index (χ0v) is 15.5. The summed E-state index contributed by atoms with van der Waals surface area (Å²) in [5.41, 5.74) is 3.50. The molecular weight excluding hydrogens is 318 g/mol. The van der Waals surface area contributed by atoms with Crippen LogP contribution in [-0.2, 0) is 7.05 Å². The van der Waals surface area contributed by atoms with Crippen molar-refractivity contribution in [3.05, 3.63) is 52.2 Å². The van der Waals surface area contributed by atoms with Crippen LogP contribution in [0.25, 0.3) is 10.1 Å². The van der Waals surface area contributed by atoms with Crippen LogP contribution in [0.2, 0.25) is 0 Å². The van der Waals surface area contributed by atoms with Crippen molar-refractivity contribution in [1.29, 1.82) is 0 Å². The van der Waals surface area contributed by atoms with E-state index in [1.807, 2.05) is 23.9 Å². The molecule has 0 bridgehead atoms. The number of fused-ring (bicyclic) bond motifs is 1. The molecule has 4 nitrogen and oxygen atoms in total. The van der Waals surface area contributed by atoms with E-state index >= 15 is 0 Å². The highest BCUT2D eigenvalue weighted by atomic mass is 32.1. The van der Waals surface area contributed by atoms with Crippen LogP contribution in [0.5, 0.6) is 0 Å². The Morgan fingerprint density at radius 1 is 1.29 bits per heavy atom. The molecule has 0 amide bonds. The minimum atomic E-state index is -0.492. The van der Waals surface area contributed by atoms with E-state index in [1.54, 1.807) is 11.3 Å². The maximum absolute atomic E-state index is 10.6. The van der Waals surface area contributed by atoms with Gasteiger partial charge >= 0.3 is 0 Å². The van der Waals surface area contributed by atoms with Gasteiger partial charge < -0.3 is 10.4 Å². The van der Waals surface area contributed by atoms with Gasteiger partial charge in [-0.1, -0.05) is 25.1 Å². The molecule has 2 unspecified atom stereocenters. The predicted octanol–water partition coefficient (Wildman–Crippen LogP) is 4.03. The summed E-state index contributed by atoms with van der Waals surface area (Å²) in [6, 6.07) is 10.6. The molecule has 2 aromatic heterocycles. The molecule has 2 atom stereocenters. The molecule has 0 aliphatic heterocycles. The molecule has 0 saturated carbocycles. The van der Waals surface area contributed by atoms with Gasteiger partial charge in [0, 0.05) is 40.5 Å². The Labute approximate surface area is 147 Å². The molecule has 0 spiro atoms. The Morgan fingerprint density at radius 2 is 2.04 bits per heavy atom. The van der Waals surface area contributed by atoms with Crippen molar-refractivity contribution >= 4 is 21.4 Å². The van der Waals surface area contributed by atoms with Gasteiger partial charge in [0.1, 0.15) is 6.10 Å². The lowest BCUT2D eigenvalue weighted by Gasteiger charge is -2.20. The summed E-state index contributed by atoms with van der Waals surface area (Å²) in [4.78, 5) is 1.01. The van der Waals surface area contributed by atoms with Crippen LogP contribution in [0.1, 0.15) is 47.3 Å². The predicted molar refractivity (Wildman–Crippen MR) is 101 cm³/mol. The van der Waals surface area contributed by atoms with E-state index in [4.69, 9.17) is 0 Å². The smallest absolute Gasteiger partial charge is 0.101 e. The number of hydrogen-bond donors (Lipinski definition) is 2. The van der Waals surface area contributed by atoms with Gasteiger partial charge in [0.25, 0.3) is 0 Å². The Hall–Kier alpha value is -1.69. The minimum absolute atomic E-state index is 0.211. The molecule has 0 fully saturated rings. The van der Waals surface area contributed by atoms with Gasteiger partial charge in [-0.05, 0) is 37.8 Å². The fourth-order valence-electron chi connectivity index (χ4n) is 3.27. The number of aromatic nitrogens is 2. The molecular formula is C19H25N3OS. The SMILES string of the molecule is CCC(NCC(O)c1cc2ccccc2s1)c1c(C)nn(C)c1C. The molecule has 3 rings (SSSR count). The van der Waals surface area contributed by atoms with Gasteiger partial charge in [-0.2, -0.15) is 5.10 Å². The highest BCUT2D eigenvalue weighted by molar-refractivity contribution is 7.19. The highest BCUT2D eigenvalue weighted by Gasteiger charge is 2.20. The molecule has 128 valence electrons. The van der Waals surface area contributed by atoms with Gasteiger partial charge in [0.2, 0.25) is 0 Å². The monoisotopic (exact) mass is 343 g/mol. The van der Waals surface area contributed by atoms with Crippen LogP contribution in [0, 0.1) is 13.8 Å². The van der Waals surface area contributed by atoms with Gasteiger partial charge in [-0.25, -0.2) is 0 Å². The number of thiophene rings is 1. The van der Waals surface area contributed by atoms with E-state index in [0.717, 1.165) is 17.0 Å². The lowest BCUT2D eigenvalue weighted by Crippen LogP contribution is -2.26. The van der Waals surface area contributed by atoms with Crippen molar-refractivity contribution in [2.24, 2.45) is 7.05 Å². The number of aliphatic hydroxyl groups excluding tert-OH is 1. The number of benzene rings is 1. The molecule has 5 heteroatoms. The molecule has 2 N–H and O–H groups in total. The number of aliphatic hydroxyl groups is 1. The number of nitrogens with one attached hydrogen (secondary N) is 1. The molecule has 0 aliphatic carbocycles. The summed E-state index contributed by atoms with van der Waals surface area (Å²) in [5, 5.41) is 19.8. The number of aryl methyl sites for hydroxylation is 2. The third-order valence-electron chi connectivity index (χ3n) is 4.65. The normalized spacial score (nSPS) is 14.2. The van der Waals surface area contributed by atoms with Crippen LogP contribution in [0.15, 0.2) is 30.3 Å². The fraction of sp³-hybridized carbons (Fsp3) is 0.421. The Morgan fingerprint density at radius 3 is 2.67 bits per heavy atom. The second-order valence-electron chi connectivity index (χ2n) is 6.28. The quantitative estimate of drug-likeness (QED) is 0.710. The van der Waals surface area contributed by atoms with Crippen LogP contribution < -0.4 is 5.32 Å². The second-order valence-corrected chi connectivity index (χ2v) is 7.39. The second kappa shape index (κ2) is 7.05. The van der Waals surface area contributed by atoms with Crippen LogP contribution in [0.4, 0.5) is 0 Å². The van der Waals surface area contributed by atoms with E-state index in [0.29, 0.717) is 6.54 Å². The molecule has 0 saturated heterocycles. The van der Waals surface area contributed by atoms with Crippen molar-refractivity contribution in [2.75, 3.05) is 6.54 Å².